The van der Waals surface area contributed by atoms with Gasteiger partial charge in [-0.3, -0.25) is 4.79 Å². The second-order valence-corrected chi connectivity index (χ2v) is 6.92. The smallest absolute Gasteiger partial charge is 0.219 e. The molecular weight excluding hydrogens is 382 g/mol. The van der Waals surface area contributed by atoms with Gasteiger partial charge in [-0.1, -0.05) is 0 Å². The lowest BCUT2D eigenvalue weighted by Crippen LogP contribution is -2.63. The Morgan fingerprint density at radius 3 is 1.39 bits per heavy atom. The van der Waals surface area contributed by atoms with Gasteiger partial charge in [-0.05, 0) is 0 Å². The van der Waals surface area contributed by atoms with E-state index in [1.807, 2.05) is 0 Å². The number of carbonyl (C=O) groups is 1. The summed E-state index contributed by atoms with van der Waals surface area (Å²) in [4.78, 5) is 13.2. The Morgan fingerprint density at radius 2 is 1.11 bits per heavy atom. The highest BCUT2D eigenvalue weighted by Gasteiger charge is 2.47. The first-order valence-electron chi connectivity index (χ1n) is 8.82. The van der Waals surface area contributed by atoms with E-state index in [0.29, 0.717) is 0 Å². The van der Waals surface area contributed by atoms with Crippen molar-refractivity contribution in [1.29, 1.82) is 0 Å². The second kappa shape index (κ2) is 9.71. The largest absolute Gasteiger partial charge is 0.388 e. The van der Waals surface area contributed by atoms with Crippen molar-refractivity contribution in [2.45, 2.75) is 68.3 Å². The van der Waals surface area contributed by atoms with Gasteiger partial charge in [0.2, 0.25) is 5.91 Å². The molecule has 164 valence electrons. The van der Waals surface area contributed by atoms with E-state index < -0.39 is 67.3 Å². The van der Waals surface area contributed by atoms with Gasteiger partial charge in [0.05, 0.1) is 0 Å². The van der Waals surface area contributed by atoms with E-state index in [1.54, 1.807) is 0 Å². The van der Waals surface area contributed by atoms with Gasteiger partial charge < -0.3 is 54.5 Å². The lowest BCUT2D eigenvalue weighted by molar-refractivity contribution is -0.298. The van der Waals surface area contributed by atoms with E-state index in [2.05, 4.69) is 0 Å². The maximum Gasteiger partial charge on any atom is 0.219 e. The van der Waals surface area contributed by atoms with Crippen molar-refractivity contribution >= 4 is 5.91 Å². The molecule has 2 rings (SSSR count). The summed E-state index contributed by atoms with van der Waals surface area (Å²) in [6.45, 7) is 0.800. The monoisotopic (exact) mass is 411 g/mol. The zero-order chi connectivity index (χ0) is 21.2. The number of nitrogens with zero attached hydrogens (tertiary/aromatic N) is 1. The molecule has 0 radical (unpaired) electrons. The number of hydrogen-bond acceptors (Lipinski definition) is 11. The zero-order valence-corrected chi connectivity index (χ0v) is 15.9. The van der Waals surface area contributed by atoms with Crippen LogP contribution < -0.4 is 0 Å². The highest BCUT2D eigenvalue weighted by molar-refractivity contribution is 5.73. The SMILES string of the molecule is CO[C@H]1O[C@H](CN(C[C@H]2O[C@H](OC)[C@H](O)[C@@H](O)[C@@H]2O)C(C)=O)[C@@H](O)[C@H](O)[C@H]1O. The third kappa shape index (κ3) is 4.79. The lowest BCUT2D eigenvalue weighted by Gasteiger charge is -2.43. The molecule has 12 heteroatoms. The van der Waals surface area contributed by atoms with Gasteiger partial charge in [-0.15, -0.1) is 0 Å². The number of amides is 1. The summed E-state index contributed by atoms with van der Waals surface area (Å²) in [6.07, 6.45) is -13.6. The van der Waals surface area contributed by atoms with Crippen LogP contribution in [0.4, 0.5) is 0 Å². The van der Waals surface area contributed by atoms with E-state index in [4.69, 9.17) is 18.9 Å². The maximum absolute atomic E-state index is 12.1. The summed E-state index contributed by atoms with van der Waals surface area (Å²) in [5.41, 5.74) is 0. The lowest BCUT2D eigenvalue weighted by atomic mass is 9.97. The molecule has 0 saturated carbocycles. The standard InChI is InChI=1S/C16H29NO11/c1-6(18)17(4-7-9(19)11(21)13(23)15(25-2)27-7)5-8-10(20)12(22)14(24)16(26-3)28-8/h7-16,19-24H,4-5H2,1-3H3/t7-,8-,9-,10-,11+,12+,13-,14-,15+,16+/m1/s1. The average molecular weight is 411 g/mol. The Morgan fingerprint density at radius 1 is 0.750 bits per heavy atom. The van der Waals surface area contributed by atoms with E-state index in [9.17, 15) is 35.4 Å². The van der Waals surface area contributed by atoms with Crippen molar-refractivity contribution in [3.8, 4) is 0 Å². The Balaban J connectivity index is 2.10. The Kier molecular flexibility index (Phi) is 8.10. The molecule has 2 fully saturated rings. The van der Waals surface area contributed by atoms with E-state index in [0.717, 1.165) is 0 Å². The van der Waals surface area contributed by atoms with Crippen LogP contribution in [0.1, 0.15) is 6.92 Å². The Hall–Kier alpha value is -0.930. The molecule has 1 amide bonds. The van der Waals surface area contributed by atoms with Gasteiger partial charge in [0.15, 0.2) is 12.6 Å². The first kappa shape index (κ1) is 23.3. The Labute approximate surface area is 161 Å². The molecular formula is C16H29NO11. The molecule has 2 aliphatic rings. The van der Waals surface area contributed by atoms with Crippen LogP contribution in [-0.2, 0) is 23.7 Å². The summed E-state index contributed by atoms with van der Waals surface area (Å²) in [5.74, 6) is -0.462. The molecule has 10 atom stereocenters. The number of aliphatic hydroxyl groups is 6. The van der Waals surface area contributed by atoms with Crippen molar-refractivity contribution in [3.05, 3.63) is 0 Å². The fourth-order valence-corrected chi connectivity index (χ4v) is 3.29. The van der Waals surface area contributed by atoms with Crippen LogP contribution in [-0.4, -0.2) is 130 Å². The van der Waals surface area contributed by atoms with Crippen LogP contribution in [0.2, 0.25) is 0 Å². The van der Waals surface area contributed by atoms with Gasteiger partial charge in [0.1, 0.15) is 48.8 Å². The van der Waals surface area contributed by atoms with Crippen LogP contribution in [0.25, 0.3) is 0 Å². The van der Waals surface area contributed by atoms with Crippen LogP contribution in [0.5, 0.6) is 0 Å². The van der Waals surface area contributed by atoms with Crippen molar-refractivity contribution in [2.75, 3.05) is 27.3 Å². The quantitative estimate of drug-likeness (QED) is 0.249. The summed E-state index contributed by atoms with van der Waals surface area (Å²) in [7, 11) is 2.50. The maximum atomic E-state index is 12.1. The highest BCUT2D eigenvalue weighted by Crippen LogP contribution is 2.25. The highest BCUT2D eigenvalue weighted by atomic mass is 16.7. The fourth-order valence-electron chi connectivity index (χ4n) is 3.29. The number of rotatable bonds is 6. The average Bonchev–Trinajstić information content (AvgIpc) is 2.67. The zero-order valence-electron chi connectivity index (χ0n) is 15.9. The summed E-state index contributed by atoms with van der Waals surface area (Å²) in [6, 6.07) is 0. The number of hydrogen-bond donors (Lipinski definition) is 6. The first-order chi connectivity index (χ1) is 13.1. The van der Waals surface area contributed by atoms with Crippen LogP contribution in [0.15, 0.2) is 0 Å². The molecule has 12 nitrogen and oxygen atoms in total. The molecule has 0 aromatic rings. The minimum Gasteiger partial charge on any atom is -0.388 e. The molecule has 0 aromatic heterocycles. The molecule has 0 bridgehead atoms. The first-order valence-corrected chi connectivity index (χ1v) is 8.82. The molecule has 2 aliphatic heterocycles. The van der Waals surface area contributed by atoms with Gasteiger partial charge >= 0.3 is 0 Å². The Bertz CT molecular complexity index is 481. The number of aliphatic hydroxyl groups excluding tert-OH is 6. The van der Waals surface area contributed by atoms with Crippen molar-refractivity contribution in [2.24, 2.45) is 0 Å². The number of methoxy groups -OCH3 is 2. The predicted molar refractivity (Wildman–Crippen MR) is 89.6 cm³/mol. The van der Waals surface area contributed by atoms with Crippen molar-refractivity contribution in [1.82, 2.24) is 4.90 Å². The topological polar surface area (TPSA) is 179 Å². The van der Waals surface area contributed by atoms with Crippen LogP contribution in [0.3, 0.4) is 0 Å². The number of ether oxygens (including phenoxy) is 4. The van der Waals surface area contributed by atoms with Crippen molar-refractivity contribution in [3.63, 3.8) is 0 Å². The minimum absolute atomic E-state index is 0.219. The molecule has 0 aromatic carbocycles. The van der Waals surface area contributed by atoms with Crippen LogP contribution >= 0.6 is 0 Å². The van der Waals surface area contributed by atoms with E-state index in [-0.39, 0.29) is 13.1 Å². The van der Waals surface area contributed by atoms with Crippen molar-refractivity contribution < 1.29 is 54.4 Å². The normalized spacial score (nSPS) is 44.3. The van der Waals surface area contributed by atoms with Gasteiger partial charge in [0, 0.05) is 34.2 Å². The molecule has 0 spiro atoms. The van der Waals surface area contributed by atoms with Crippen LogP contribution in [0, 0.1) is 0 Å². The summed E-state index contributed by atoms with van der Waals surface area (Å²) >= 11 is 0. The molecule has 2 saturated heterocycles. The van der Waals surface area contributed by atoms with Gasteiger partial charge in [-0.25, -0.2) is 0 Å². The third-order valence-electron chi connectivity index (χ3n) is 5.05. The predicted octanol–water partition coefficient (Wildman–Crippen LogP) is -4.26. The van der Waals surface area contributed by atoms with E-state index >= 15 is 0 Å². The number of carbonyl (C=O) groups excluding carboxylic acids is 1. The molecule has 0 unspecified atom stereocenters. The van der Waals surface area contributed by atoms with Gasteiger partial charge in [0.25, 0.3) is 0 Å². The molecule has 28 heavy (non-hydrogen) atoms. The molecule has 6 N–H and O–H groups in total. The summed E-state index contributed by atoms with van der Waals surface area (Å²) in [5, 5.41) is 59.9. The molecule has 2 heterocycles. The van der Waals surface area contributed by atoms with Gasteiger partial charge in [-0.2, -0.15) is 0 Å². The summed E-state index contributed by atoms with van der Waals surface area (Å²) < 4.78 is 20.7. The second-order valence-electron chi connectivity index (χ2n) is 6.92. The fraction of sp³-hybridized carbons (Fsp3) is 0.938. The van der Waals surface area contributed by atoms with E-state index in [1.165, 1.54) is 26.0 Å². The third-order valence-corrected chi connectivity index (χ3v) is 5.05. The molecule has 0 aliphatic carbocycles. The minimum atomic E-state index is -1.55.